The van der Waals surface area contributed by atoms with Crippen molar-refractivity contribution in [3.05, 3.63) is 59.7 Å². The number of carbonyl (C=O) groups excluding carboxylic acids is 1. The van der Waals surface area contributed by atoms with E-state index in [1.165, 1.54) is 11.1 Å². The third-order valence-corrected chi connectivity index (χ3v) is 6.75. The second-order valence-electron chi connectivity index (χ2n) is 9.52. The number of rotatable bonds is 3. The van der Waals surface area contributed by atoms with Crippen LogP contribution in [0.5, 0.6) is 5.75 Å². The van der Waals surface area contributed by atoms with Gasteiger partial charge in [0.1, 0.15) is 17.0 Å². The third-order valence-electron chi connectivity index (χ3n) is 6.75. The number of amides is 1. The second-order valence-corrected chi connectivity index (χ2v) is 9.52. The fourth-order valence-electron chi connectivity index (χ4n) is 4.90. The largest absolute Gasteiger partial charge is 0.487 e. The van der Waals surface area contributed by atoms with Crippen LogP contribution in [-0.2, 0) is 17.7 Å². The molecule has 3 aliphatic heterocycles. The Morgan fingerprint density at radius 2 is 1.70 bits per heavy atom. The van der Waals surface area contributed by atoms with Crippen molar-refractivity contribution < 1.29 is 14.3 Å². The lowest BCUT2D eigenvalue weighted by Gasteiger charge is -2.38. The zero-order valence-corrected chi connectivity index (χ0v) is 17.9. The molecule has 0 N–H and O–H groups in total. The molecular weight excluding hydrogens is 376 g/mol. The van der Waals surface area contributed by atoms with Gasteiger partial charge in [0, 0.05) is 43.7 Å². The highest BCUT2D eigenvalue weighted by atomic mass is 16.6. The molecule has 5 heteroatoms. The Balaban J connectivity index is 1.25. The molecule has 5 rings (SSSR count). The molecule has 3 aliphatic rings. The molecule has 2 aromatic rings. The van der Waals surface area contributed by atoms with Gasteiger partial charge in [-0.25, -0.2) is 4.79 Å². The number of aryl methyl sites for hydroxylation is 1. The highest BCUT2D eigenvalue weighted by Gasteiger charge is 2.47. The lowest BCUT2D eigenvalue weighted by Crippen LogP contribution is -2.46. The summed E-state index contributed by atoms with van der Waals surface area (Å²) in [4.78, 5) is 16.8. The second kappa shape index (κ2) is 7.31. The van der Waals surface area contributed by atoms with E-state index in [1.54, 1.807) is 4.90 Å². The zero-order valence-electron chi connectivity index (χ0n) is 17.9. The summed E-state index contributed by atoms with van der Waals surface area (Å²) in [5, 5.41) is 0. The van der Waals surface area contributed by atoms with Crippen LogP contribution in [0.4, 0.5) is 10.5 Å². The van der Waals surface area contributed by atoms with Crippen LogP contribution in [-0.4, -0.2) is 41.8 Å². The molecular formula is C25H30N2O3. The van der Waals surface area contributed by atoms with Gasteiger partial charge in [0.25, 0.3) is 0 Å². The van der Waals surface area contributed by atoms with Crippen molar-refractivity contribution in [2.75, 3.05) is 24.5 Å². The van der Waals surface area contributed by atoms with Gasteiger partial charge in [0.2, 0.25) is 0 Å². The first-order chi connectivity index (χ1) is 14.4. The number of likely N-dealkylation sites (tertiary alicyclic amines) is 1. The summed E-state index contributed by atoms with van der Waals surface area (Å²) in [7, 11) is 0. The van der Waals surface area contributed by atoms with Gasteiger partial charge in [-0.05, 0) is 44.4 Å². The summed E-state index contributed by atoms with van der Waals surface area (Å²) >= 11 is 0. The van der Waals surface area contributed by atoms with Crippen LogP contribution in [0, 0.1) is 0 Å². The molecule has 2 saturated heterocycles. The Kier molecular flexibility index (Phi) is 4.73. The maximum atomic E-state index is 12.5. The van der Waals surface area contributed by atoms with Crippen LogP contribution in [0.2, 0.25) is 0 Å². The lowest BCUT2D eigenvalue weighted by atomic mass is 9.90. The van der Waals surface area contributed by atoms with Crippen LogP contribution in [0.25, 0.3) is 0 Å². The molecule has 5 nitrogen and oxygen atoms in total. The fraction of sp³-hybridized carbons (Fsp3) is 0.480. The van der Waals surface area contributed by atoms with Crippen LogP contribution < -0.4 is 9.64 Å². The number of piperidine rings is 1. The Bertz CT molecular complexity index is 933. The maximum absolute atomic E-state index is 12.5. The molecule has 158 valence electrons. The summed E-state index contributed by atoms with van der Waals surface area (Å²) < 4.78 is 12.3. The third kappa shape index (κ3) is 3.67. The van der Waals surface area contributed by atoms with Crippen molar-refractivity contribution >= 4 is 11.8 Å². The Hall–Kier alpha value is -2.53. The van der Waals surface area contributed by atoms with E-state index in [2.05, 4.69) is 36.9 Å². The first-order valence-electron chi connectivity index (χ1n) is 11.0. The quantitative estimate of drug-likeness (QED) is 0.736. The number of nitrogens with zero attached hydrogens (tertiary/aromatic N) is 2. The summed E-state index contributed by atoms with van der Waals surface area (Å²) in [6, 6.07) is 16.3. The van der Waals surface area contributed by atoms with Gasteiger partial charge < -0.3 is 9.47 Å². The van der Waals surface area contributed by atoms with E-state index >= 15 is 0 Å². The van der Waals surface area contributed by atoms with Gasteiger partial charge in [-0.15, -0.1) is 0 Å². The standard InChI is InChI=1S/C25H30N2O3/c1-24(2)12-11-19-7-6-8-20(22(19)29-24)17-26-15-13-25(14-16-26)18-27(23(28)30-25)21-9-4-3-5-10-21/h3-10H,11-18H2,1-2H3. The molecule has 1 amide bonds. The highest BCUT2D eigenvalue weighted by molar-refractivity contribution is 5.90. The Labute approximate surface area is 178 Å². The van der Waals surface area contributed by atoms with Crippen molar-refractivity contribution in [2.24, 2.45) is 0 Å². The molecule has 0 aliphatic carbocycles. The van der Waals surface area contributed by atoms with E-state index in [0.29, 0.717) is 6.54 Å². The van der Waals surface area contributed by atoms with Crippen LogP contribution in [0.3, 0.4) is 0 Å². The van der Waals surface area contributed by atoms with Gasteiger partial charge in [-0.3, -0.25) is 9.80 Å². The average molecular weight is 407 g/mol. The van der Waals surface area contributed by atoms with Crippen molar-refractivity contribution in [3.63, 3.8) is 0 Å². The monoisotopic (exact) mass is 406 g/mol. The number of para-hydroxylation sites is 2. The topological polar surface area (TPSA) is 42.0 Å². The van der Waals surface area contributed by atoms with Gasteiger partial charge in [-0.2, -0.15) is 0 Å². The van der Waals surface area contributed by atoms with Crippen LogP contribution in [0.1, 0.15) is 44.2 Å². The molecule has 0 saturated carbocycles. The molecule has 2 aromatic carbocycles. The van der Waals surface area contributed by atoms with Crippen LogP contribution >= 0.6 is 0 Å². The highest BCUT2D eigenvalue weighted by Crippen LogP contribution is 2.39. The molecule has 0 bridgehead atoms. The molecule has 0 radical (unpaired) electrons. The fourth-order valence-corrected chi connectivity index (χ4v) is 4.90. The summed E-state index contributed by atoms with van der Waals surface area (Å²) in [5.41, 5.74) is 3.04. The van der Waals surface area contributed by atoms with Gasteiger partial charge in [0.05, 0.1) is 6.54 Å². The number of hydrogen-bond donors (Lipinski definition) is 0. The summed E-state index contributed by atoms with van der Waals surface area (Å²) in [5.74, 6) is 1.08. The SMILES string of the molecule is CC1(C)CCc2cccc(CN3CCC4(CC3)CN(c3ccccc3)C(=O)O4)c2O1. The van der Waals surface area contributed by atoms with Gasteiger partial charge in [0.15, 0.2) is 0 Å². The minimum Gasteiger partial charge on any atom is -0.487 e. The average Bonchev–Trinajstić information content (AvgIpc) is 3.06. The molecule has 2 fully saturated rings. The lowest BCUT2D eigenvalue weighted by molar-refractivity contribution is -0.00146. The minimum atomic E-state index is -0.363. The minimum absolute atomic E-state index is 0.103. The van der Waals surface area contributed by atoms with Crippen molar-refractivity contribution in [1.82, 2.24) is 4.90 Å². The Morgan fingerprint density at radius 1 is 0.933 bits per heavy atom. The van der Waals surface area contributed by atoms with E-state index in [-0.39, 0.29) is 17.3 Å². The normalized spacial score (nSPS) is 22.5. The van der Waals surface area contributed by atoms with E-state index in [0.717, 1.165) is 56.8 Å². The molecule has 3 heterocycles. The number of anilines is 1. The number of benzene rings is 2. The predicted octanol–water partition coefficient (Wildman–Crippen LogP) is 4.78. The number of ether oxygens (including phenoxy) is 2. The van der Waals surface area contributed by atoms with Crippen molar-refractivity contribution in [2.45, 2.75) is 57.3 Å². The van der Waals surface area contributed by atoms with E-state index < -0.39 is 0 Å². The van der Waals surface area contributed by atoms with E-state index in [4.69, 9.17) is 9.47 Å². The maximum Gasteiger partial charge on any atom is 0.415 e. The van der Waals surface area contributed by atoms with Crippen molar-refractivity contribution in [1.29, 1.82) is 0 Å². The first-order valence-corrected chi connectivity index (χ1v) is 11.0. The first kappa shape index (κ1) is 19.4. The molecule has 0 unspecified atom stereocenters. The zero-order chi connectivity index (χ0) is 20.8. The molecule has 30 heavy (non-hydrogen) atoms. The van der Waals surface area contributed by atoms with Gasteiger partial charge in [-0.1, -0.05) is 36.4 Å². The predicted molar refractivity (Wildman–Crippen MR) is 117 cm³/mol. The summed E-state index contributed by atoms with van der Waals surface area (Å²) in [6.45, 7) is 7.70. The van der Waals surface area contributed by atoms with E-state index in [1.807, 2.05) is 30.3 Å². The van der Waals surface area contributed by atoms with E-state index in [9.17, 15) is 4.79 Å². The molecule has 0 aromatic heterocycles. The number of hydrogen-bond acceptors (Lipinski definition) is 4. The van der Waals surface area contributed by atoms with Crippen molar-refractivity contribution in [3.8, 4) is 5.75 Å². The Morgan fingerprint density at radius 3 is 2.47 bits per heavy atom. The van der Waals surface area contributed by atoms with Gasteiger partial charge >= 0.3 is 6.09 Å². The number of carbonyl (C=O) groups is 1. The number of fused-ring (bicyclic) bond motifs is 1. The smallest absolute Gasteiger partial charge is 0.415 e. The van der Waals surface area contributed by atoms with Crippen LogP contribution in [0.15, 0.2) is 48.5 Å². The molecule has 1 spiro atoms. The molecule has 0 atom stereocenters. The summed E-state index contributed by atoms with van der Waals surface area (Å²) in [6.07, 6.45) is 3.64.